The minimum Gasteiger partial charge on any atom is -0.329 e. The van der Waals surface area contributed by atoms with E-state index in [9.17, 15) is 0 Å². The summed E-state index contributed by atoms with van der Waals surface area (Å²) in [4.78, 5) is 5.05. The maximum atomic E-state index is 6.12. The van der Waals surface area contributed by atoms with E-state index in [2.05, 4.69) is 37.7 Å². The normalized spacial score (nSPS) is 32.5. The zero-order chi connectivity index (χ0) is 12.7. The second-order valence-corrected chi connectivity index (χ2v) is 6.71. The monoisotopic (exact) mass is 239 g/mol. The van der Waals surface area contributed by atoms with Crippen molar-refractivity contribution >= 4 is 0 Å². The van der Waals surface area contributed by atoms with Gasteiger partial charge < -0.3 is 10.6 Å². The Labute approximate surface area is 106 Å². The van der Waals surface area contributed by atoms with Crippen LogP contribution in [0, 0.1) is 5.41 Å². The lowest BCUT2D eigenvalue weighted by atomic mass is 9.80. The number of hydrogen-bond donors (Lipinski definition) is 1. The number of likely N-dealkylation sites (N-methyl/N-ethyl adjacent to an activating group) is 2. The number of likely N-dealkylation sites (tertiary alicyclic amines) is 1. The average molecular weight is 239 g/mol. The Morgan fingerprint density at radius 3 is 2.59 bits per heavy atom. The molecule has 1 saturated heterocycles. The van der Waals surface area contributed by atoms with Crippen LogP contribution in [0.5, 0.6) is 0 Å². The van der Waals surface area contributed by atoms with Gasteiger partial charge in [0.2, 0.25) is 0 Å². The van der Waals surface area contributed by atoms with Crippen molar-refractivity contribution in [3.05, 3.63) is 0 Å². The standard InChI is InChI=1S/C14H29N3/c1-13(7-8-13)14(2,11-15)17(4)12-6-5-9-16(3)10-12/h12H,5-11,15H2,1-4H3. The fraction of sp³-hybridized carbons (Fsp3) is 1.00. The van der Waals surface area contributed by atoms with E-state index in [1.807, 2.05) is 0 Å². The summed E-state index contributed by atoms with van der Waals surface area (Å²) in [5.41, 5.74) is 6.75. The van der Waals surface area contributed by atoms with Gasteiger partial charge in [0.15, 0.2) is 0 Å². The average Bonchev–Trinajstić information content (AvgIpc) is 3.07. The van der Waals surface area contributed by atoms with E-state index in [0.717, 1.165) is 6.54 Å². The minimum atomic E-state index is 0.176. The predicted molar refractivity (Wildman–Crippen MR) is 73.1 cm³/mol. The molecule has 3 nitrogen and oxygen atoms in total. The van der Waals surface area contributed by atoms with Crippen molar-refractivity contribution in [1.29, 1.82) is 0 Å². The van der Waals surface area contributed by atoms with Gasteiger partial charge in [-0.2, -0.15) is 0 Å². The molecule has 1 saturated carbocycles. The maximum Gasteiger partial charge on any atom is 0.0357 e. The number of rotatable bonds is 4. The lowest BCUT2D eigenvalue weighted by molar-refractivity contribution is 0.00708. The molecule has 2 atom stereocenters. The van der Waals surface area contributed by atoms with Crippen LogP contribution in [0.1, 0.15) is 39.5 Å². The first-order chi connectivity index (χ1) is 7.93. The van der Waals surface area contributed by atoms with Gasteiger partial charge >= 0.3 is 0 Å². The van der Waals surface area contributed by atoms with E-state index in [4.69, 9.17) is 5.73 Å². The molecule has 0 aromatic rings. The molecule has 2 rings (SSSR count). The quantitative estimate of drug-likeness (QED) is 0.807. The fourth-order valence-electron chi connectivity index (χ4n) is 3.40. The summed E-state index contributed by atoms with van der Waals surface area (Å²) < 4.78 is 0. The number of piperidine rings is 1. The third-order valence-corrected chi connectivity index (χ3v) is 5.62. The van der Waals surface area contributed by atoms with Crippen LogP contribution in [0.25, 0.3) is 0 Å². The van der Waals surface area contributed by atoms with Gasteiger partial charge in [0.25, 0.3) is 0 Å². The van der Waals surface area contributed by atoms with Crippen molar-refractivity contribution in [1.82, 2.24) is 9.80 Å². The molecule has 0 aromatic heterocycles. The van der Waals surface area contributed by atoms with Gasteiger partial charge in [0.1, 0.15) is 0 Å². The van der Waals surface area contributed by atoms with Crippen LogP contribution in [0.2, 0.25) is 0 Å². The first-order valence-corrected chi connectivity index (χ1v) is 7.04. The van der Waals surface area contributed by atoms with Crippen molar-refractivity contribution < 1.29 is 0 Å². The molecular formula is C14H29N3. The van der Waals surface area contributed by atoms with Gasteiger partial charge in [0.05, 0.1) is 0 Å². The van der Waals surface area contributed by atoms with Gasteiger partial charge in [0, 0.05) is 24.7 Å². The van der Waals surface area contributed by atoms with Crippen LogP contribution in [-0.4, -0.2) is 55.1 Å². The molecule has 0 radical (unpaired) electrons. The summed E-state index contributed by atoms with van der Waals surface area (Å²) >= 11 is 0. The molecule has 0 bridgehead atoms. The Bertz CT molecular complexity index is 275. The van der Waals surface area contributed by atoms with E-state index >= 15 is 0 Å². The summed E-state index contributed by atoms with van der Waals surface area (Å²) in [6.45, 7) is 8.00. The zero-order valence-corrected chi connectivity index (χ0v) is 12.0. The molecule has 0 spiro atoms. The molecule has 2 N–H and O–H groups in total. The fourth-order valence-corrected chi connectivity index (χ4v) is 3.40. The van der Waals surface area contributed by atoms with Crippen molar-refractivity contribution in [3.8, 4) is 0 Å². The van der Waals surface area contributed by atoms with Gasteiger partial charge in [-0.1, -0.05) is 6.92 Å². The Morgan fingerprint density at radius 1 is 1.47 bits per heavy atom. The third kappa shape index (κ3) is 2.25. The summed E-state index contributed by atoms with van der Waals surface area (Å²) in [6, 6.07) is 0.680. The molecule has 2 fully saturated rings. The summed E-state index contributed by atoms with van der Waals surface area (Å²) in [7, 11) is 4.53. The Balaban J connectivity index is 2.08. The molecule has 100 valence electrons. The lowest BCUT2D eigenvalue weighted by Crippen LogP contribution is -2.61. The van der Waals surface area contributed by atoms with E-state index in [-0.39, 0.29) is 5.54 Å². The van der Waals surface area contributed by atoms with Crippen molar-refractivity contribution in [3.63, 3.8) is 0 Å². The highest BCUT2D eigenvalue weighted by molar-refractivity contribution is 5.10. The number of nitrogens with two attached hydrogens (primary N) is 1. The first kappa shape index (κ1) is 13.3. The van der Waals surface area contributed by atoms with Crippen LogP contribution < -0.4 is 5.73 Å². The van der Waals surface area contributed by atoms with Crippen LogP contribution in [0.4, 0.5) is 0 Å². The minimum absolute atomic E-state index is 0.176. The molecule has 1 aliphatic carbocycles. The second-order valence-electron chi connectivity index (χ2n) is 6.71. The third-order valence-electron chi connectivity index (χ3n) is 5.62. The molecule has 1 heterocycles. The molecule has 0 aromatic carbocycles. The van der Waals surface area contributed by atoms with E-state index < -0.39 is 0 Å². The largest absolute Gasteiger partial charge is 0.329 e. The molecule has 1 aliphatic heterocycles. The first-order valence-electron chi connectivity index (χ1n) is 7.04. The van der Waals surface area contributed by atoms with Gasteiger partial charge in [-0.3, -0.25) is 4.90 Å². The maximum absolute atomic E-state index is 6.12. The van der Waals surface area contributed by atoms with Crippen molar-refractivity contribution in [2.24, 2.45) is 11.1 Å². The molecule has 3 heteroatoms. The van der Waals surface area contributed by atoms with E-state index in [0.29, 0.717) is 11.5 Å². The highest BCUT2D eigenvalue weighted by Gasteiger charge is 2.55. The molecule has 2 unspecified atom stereocenters. The van der Waals surface area contributed by atoms with E-state index in [1.165, 1.54) is 38.8 Å². The van der Waals surface area contributed by atoms with Gasteiger partial charge in [-0.15, -0.1) is 0 Å². The highest BCUT2D eigenvalue weighted by Crippen LogP contribution is 2.55. The Morgan fingerprint density at radius 2 is 2.12 bits per heavy atom. The summed E-state index contributed by atoms with van der Waals surface area (Å²) in [5.74, 6) is 0. The molecular weight excluding hydrogens is 210 g/mol. The molecule has 17 heavy (non-hydrogen) atoms. The second kappa shape index (κ2) is 4.52. The molecule has 0 amide bonds. The van der Waals surface area contributed by atoms with E-state index in [1.54, 1.807) is 0 Å². The smallest absolute Gasteiger partial charge is 0.0357 e. The van der Waals surface area contributed by atoms with Gasteiger partial charge in [-0.05, 0) is 58.7 Å². The Kier molecular flexibility index (Phi) is 3.54. The topological polar surface area (TPSA) is 32.5 Å². The number of nitrogens with zero attached hydrogens (tertiary/aromatic N) is 2. The lowest BCUT2D eigenvalue weighted by Gasteiger charge is -2.49. The predicted octanol–water partition coefficient (Wildman–Crippen LogP) is 1.53. The Hall–Kier alpha value is -0.120. The van der Waals surface area contributed by atoms with Crippen molar-refractivity contribution in [2.75, 3.05) is 33.7 Å². The van der Waals surface area contributed by atoms with Crippen LogP contribution >= 0.6 is 0 Å². The summed E-state index contributed by atoms with van der Waals surface area (Å²) in [5, 5.41) is 0. The summed E-state index contributed by atoms with van der Waals surface area (Å²) in [6.07, 6.45) is 5.33. The van der Waals surface area contributed by atoms with Crippen LogP contribution in [0.3, 0.4) is 0 Å². The highest BCUT2D eigenvalue weighted by atomic mass is 15.3. The van der Waals surface area contributed by atoms with Crippen molar-refractivity contribution in [2.45, 2.75) is 51.1 Å². The van der Waals surface area contributed by atoms with Crippen LogP contribution in [0.15, 0.2) is 0 Å². The van der Waals surface area contributed by atoms with Crippen LogP contribution in [-0.2, 0) is 0 Å². The molecule has 2 aliphatic rings. The SMILES string of the molecule is CN1CCCC(N(C)C(C)(CN)C2(C)CC2)C1. The zero-order valence-electron chi connectivity index (χ0n) is 12.0. The number of hydrogen-bond acceptors (Lipinski definition) is 3. The van der Waals surface area contributed by atoms with Gasteiger partial charge in [-0.25, -0.2) is 0 Å².